The van der Waals surface area contributed by atoms with Crippen molar-refractivity contribution in [3.63, 3.8) is 0 Å². The normalized spacial score (nSPS) is 11.5. The summed E-state index contributed by atoms with van der Waals surface area (Å²) in [6.07, 6.45) is 3.82. The van der Waals surface area contributed by atoms with Crippen LogP contribution in [0.3, 0.4) is 0 Å². The van der Waals surface area contributed by atoms with Crippen molar-refractivity contribution in [1.29, 1.82) is 0 Å². The summed E-state index contributed by atoms with van der Waals surface area (Å²) in [5, 5.41) is 7.51. The summed E-state index contributed by atoms with van der Waals surface area (Å²) in [5.41, 5.74) is 2.45. The number of hydrogen-bond donors (Lipinski definition) is 3. The molecule has 0 fully saturated rings. The Hall–Kier alpha value is -2.79. The quantitative estimate of drug-likeness (QED) is 0.460. The summed E-state index contributed by atoms with van der Waals surface area (Å²) in [6, 6.07) is 15.1. The fourth-order valence-corrected chi connectivity index (χ4v) is 2.97. The first-order chi connectivity index (χ1) is 13.5. The third-order valence-corrected chi connectivity index (χ3v) is 5.04. The molecular formula is C23H29N3O2. The van der Waals surface area contributed by atoms with Gasteiger partial charge in [0.25, 0.3) is 5.91 Å². The molecule has 3 aromatic rings. The van der Waals surface area contributed by atoms with Crippen molar-refractivity contribution in [1.82, 2.24) is 10.3 Å². The number of carbonyl (C=O) groups is 1. The van der Waals surface area contributed by atoms with Gasteiger partial charge in [0.2, 0.25) is 0 Å². The Kier molecular flexibility index (Phi) is 6.37. The Balaban J connectivity index is 1.62. The van der Waals surface area contributed by atoms with Gasteiger partial charge in [-0.3, -0.25) is 4.79 Å². The van der Waals surface area contributed by atoms with Gasteiger partial charge in [-0.05, 0) is 63.6 Å². The molecule has 5 nitrogen and oxygen atoms in total. The smallest absolute Gasteiger partial charge is 0.259 e. The number of rotatable bonds is 9. The number of carbonyl (C=O) groups excluding carboxylic acids is 1. The molecule has 0 unspecified atom stereocenters. The lowest BCUT2D eigenvalue weighted by Crippen LogP contribution is -2.39. The molecule has 1 aromatic heterocycles. The fraction of sp³-hybridized carbons (Fsp3) is 0.348. The number of H-pyrrole nitrogens is 1. The summed E-state index contributed by atoms with van der Waals surface area (Å²) in [6.45, 7) is 8.00. The molecule has 3 N–H and O–H groups in total. The van der Waals surface area contributed by atoms with Crippen molar-refractivity contribution in [3.05, 3.63) is 60.3 Å². The molecule has 0 saturated heterocycles. The molecule has 3 rings (SSSR count). The maximum Gasteiger partial charge on any atom is 0.259 e. The van der Waals surface area contributed by atoms with E-state index < -0.39 is 0 Å². The Bertz CT molecular complexity index is 930. The van der Waals surface area contributed by atoms with Crippen LogP contribution in [0.15, 0.2) is 54.7 Å². The standard InChI is InChI=1S/C23H29N3O2/c1-4-23(2,3)25-14-8-16-28-21-12-6-5-9-18(21)22(27)26-20-11-7-10-19-17(20)13-15-24-19/h5-7,9-13,15,24-25H,4,8,14,16H2,1-3H3,(H,26,27). The fourth-order valence-electron chi connectivity index (χ4n) is 2.97. The van der Waals surface area contributed by atoms with Crippen LogP contribution in [-0.2, 0) is 0 Å². The maximum absolute atomic E-state index is 12.8. The summed E-state index contributed by atoms with van der Waals surface area (Å²) >= 11 is 0. The van der Waals surface area contributed by atoms with Gasteiger partial charge in [-0.25, -0.2) is 0 Å². The Labute approximate surface area is 166 Å². The first-order valence-corrected chi connectivity index (χ1v) is 9.84. The van der Waals surface area contributed by atoms with Gasteiger partial charge in [-0.2, -0.15) is 0 Å². The predicted octanol–water partition coefficient (Wildman–Crippen LogP) is 4.97. The van der Waals surface area contributed by atoms with Gasteiger partial charge in [0, 0.05) is 22.6 Å². The van der Waals surface area contributed by atoms with Gasteiger partial charge in [0.15, 0.2) is 0 Å². The van der Waals surface area contributed by atoms with Crippen molar-refractivity contribution in [3.8, 4) is 5.75 Å². The zero-order valence-corrected chi connectivity index (χ0v) is 16.8. The van der Waals surface area contributed by atoms with Crippen LogP contribution in [0.5, 0.6) is 5.75 Å². The number of hydrogen-bond acceptors (Lipinski definition) is 3. The van der Waals surface area contributed by atoms with Crippen LogP contribution in [0.25, 0.3) is 10.9 Å². The molecule has 28 heavy (non-hydrogen) atoms. The molecule has 0 bridgehead atoms. The lowest BCUT2D eigenvalue weighted by Gasteiger charge is -2.24. The van der Waals surface area contributed by atoms with E-state index in [2.05, 4.69) is 36.4 Å². The first kappa shape index (κ1) is 20.0. The van der Waals surface area contributed by atoms with Gasteiger partial charge in [-0.15, -0.1) is 0 Å². The van der Waals surface area contributed by atoms with E-state index in [9.17, 15) is 4.79 Å². The highest BCUT2D eigenvalue weighted by atomic mass is 16.5. The molecule has 0 saturated carbocycles. The first-order valence-electron chi connectivity index (χ1n) is 9.84. The van der Waals surface area contributed by atoms with E-state index >= 15 is 0 Å². The zero-order chi connectivity index (χ0) is 20.0. The van der Waals surface area contributed by atoms with E-state index in [0.29, 0.717) is 17.9 Å². The molecule has 0 radical (unpaired) electrons. The highest BCUT2D eigenvalue weighted by molar-refractivity contribution is 6.10. The predicted molar refractivity (Wildman–Crippen MR) is 115 cm³/mol. The molecule has 0 atom stereocenters. The van der Waals surface area contributed by atoms with Crippen LogP contribution >= 0.6 is 0 Å². The number of para-hydroxylation sites is 1. The summed E-state index contributed by atoms with van der Waals surface area (Å²) < 4.78 is 5.91. The topological polar surface area (TPSA) is 66.2 Å². The van der Waals surface area contributed by atoms with Gasteiger partial charge >= 0.3 is 0 Å². The monoisotopic (exact) mass is 379 g/mol. The van der Waals surface area contributed by atoms with Crippen molar-refractivity contribution in [2.45, 2.75) is 39.2 Å². The van der Waals surface area contributed by atoms with Crippen LogP contribution in [0.4, 0.5) is 5.69 Å². The van der Waals surface area contributed by atoms with E-state index in [1.807, 2.05) is 48.7 Å². The number of benzene rings is 2. The van der Waals surface area contributed by atoms with E-state index in [-0.39, 0.29) is 11.4 Å². The number of aromatic nitrogens is 1. The van der Waals surface area contributed by atoms with Gasteiger partial charge in [0.05, 0.1) is 17.9 Å². The number of fused-ring (bicyclic) bond motifs is 1. The molecule has 5 heteroatoms. The van der Waals surface area contributed by atoms with E-state index in [1.54, 1.807) is 6.07 Å². The summed E-state index contributed by atoms with van der Waals surface area (Å²) in [4.78, 5) is 16.0. The third-order valence-electron chi connectivity index (χ3n) is 5.04. The molecule has 0 aliphatic carbocycles. The van der Waals surface area contributed by atoms with E-state index in [0.717, 1.165) is 36.0 Å². The summed E-state index contributed by atoms with van der Waals surface area (Å²) in [5.74, 6) is 0.436. The lowest BCUT2D eigenvalue weighted by molar-refractivity contribution is 0.102. The molecule has 0 aliphatic rings. The minimum atomic E-state index is -0.172. The summed E-state index contributed by atoms with van der Waals surface area (Å²) in [7, 11) is 0. The number of ether oxygens (including phenoxy) is 1. The molecule has 148 valence electrons. The molecular weight excluding hydrogens is 350 g/mol. The lowest BCUT2D eigenvalue weighted by atomic mass is 10.0. The maximum atomic E-state index is 12.8. The Morgan fingerprint density at radius 2 is 1.93 bits per heavy atom. The van der Waals surface area contributed by atoms with E-state index in [4.69, 9.17) is 4.74 Å². The molecule has 0 aliphatic heterocycles. The SMILES string of the molecule is CCC(C)(C)NCCCOc1ccccc1C(=O)Nc1cccc2[nH]ccc12. The van der Waals surface area contributed by atoms with Crippen molar-refractivity contribution >= 4 is 22.5 Å². The molecule has 0 spiro atoms. The van der Waals surface area contributed by atoms with Crippen LogP contribution in [0.1, 0.15) is 44.0 Å². The van der Waals surface area contributed by atoms with Crippen LogP contribution in [-0.4, -0.2) is 29.6 Å². The van der Waals surface area contributed by atoms with Crippen molar-refractivity contribution in [2.24, 2.45) is 0 Å². The second-order valence-electron chi connectivity index (χ2n) is 7.56. The minimum Gasteiger partial charge on any atom is -0.493 e. The minimum absolute atomic E-state index is 0.136. The average molecular weight is 380 g/mol. The van der Waals surface area contributed by atoms with Gasteiger partial charge < -0.3 is 20.4 Å². The van der Waals surface area contributed by atoms with Gasteiger partial charge in [-0.1, -0.05) is 25.1 Å². The van der Waals surface area contributed by atoms with Crippen LogP contribution < -0.4 is 15.4 Å². The Morgan fingerprint density at radius 3 is 2.75 bits per heavy atom. The Morgan fingerprint density at radius 1 is 1.11 bits per heavy atom. The molecule has 2 aromatic carbocycles. The second-order valence-corrected chi connectivity index (χ2v) is 7.56. The average Bonchev–Trinajstić information content (AvgIpc) is 3.18. The molecule has 1 amide bonds. The van der Waals surface area contributed by atoms with Crippen molar-refractivity contribution in [2.75, 3.05) is 18.5 Å². The number of amides is 1. The second kappa shape index (κ2) is 8.93. The number of aromatic amines is 1. The van der Waals surface area contributed by atoms with E-state index in [1.165, 1.54) is 0 Å². The highest BCUT2D eigenvalue weighted by Gasteiger charge is 2.15. The molecule has 1 heterocycles. The van der Waals surface area contributed by atoms with Crippen molar-refractivity contribution < 1.29 is 9.53 Å². The van der Waals surface area contributed by atoms with Crippen LogP contribution in [0.2, 0.25) is 0 Å². The zero-order valence-electron chi connectivity index (χ0n) is 16.8. The van der Waals surface area contributed by atoms with Crippen LogP contribution in [0, 0.1) is 0 Å². The highest BCUT2D eigenvalue weighted by Crippen LogP contribution is 2.25. The third kappa shape index (κ3) is 4.93. The largest absolute Gasteiger partial charge is 0.493 e. The number of anilines is 1. The van der Waals surface area contributed by atoms with Gasteiger partial charge in [0.1, 0.15) is 5.75 Å². The number of nitrogens with one attached hydrogen (secondary N) is 3.